The molecule has 3 aromatic carbocycles. The predicted molar refractivity (Wildman–Crippen MR) is 128 cm³/mol. The second-order valence-electron chi connectivity index (χ2n) is 7.68. The van der Waals surface area contributed by atoms with Gasteiger partial charge in [0.25, 0.3) is 0 Å². The lowest BCUT2D eigenvalue weighted by Gasteiger charge is -2.08. The summed E-state index contributed by atoms with van der Waals surface area (Å²) in [4.78, 5) is -0.139. The molecule has 3 aromatic rings. The minimum Gasteiger partial charge on any atom is -0.744 e. The van der Waals surface area contributed by atoms with Crippen molar-refractivity contribution in [3.05, 3.63) is 91.6 Å². The van der Waals surface area contributed by atoms with Gasteiger partial charge in [0.15, 0.2) is 7.14 Å². The molecule has 178 valence electrons. The maximum absolute atomic E-state index is 10.5. The number of aryl methyl sites for hydroxylation is 1. The minimum absolute atomic E-state index is 0.0655. The van der Waals surface area contributed by atoms with Crippen molar-refractivity contribution in [2.45, 2.75) is 57.3 Å². The van der Waals surface area contributed by atoms with E-state index in [4.69, 9.17) is 4.74 Å². The van der Waals surface area contributed by atoms with Gasteiger partial charge in [-0.2, -0.15) is 0 Å². The first-order valence-electron chi connectivity index (χ1n) is 11.3. The Balaban J connectivity index is 0.000000294. The molecule has 4 nitrogen and oxygen atoms in total. The Labute approximate surface area is 209 Å². The third-order valence-corrected chi connectivity index (χ3v) is 8.58. The number of halogens is 1. The molecule has 0 aliphatic carbocycles. The largest absolute Gasteiger partial charge is 0.744 e. The summed E-state index contributed by atoms with van der Waals surface area (Å²) in [6.45, 7) is 4.69. The number of rotatable bonds is 11. The lowest BCUT2D eigenvalue weighted by Crippen LogP contribution is -3.61. The summed E-state index contributed by atoms with van der Waals surface area (Å²) in [5.41, 5.74) is 0.488. The molecule has 0 aliphatic heterocycles. The summed E-state index contributed by atoms with van der Waals surface area (Å²) in [5.74, 6) is 1.01. The van der Waals surface area contributed by atoms with Gasteiger partial charge in [0.05, 0.1) is 11.5 Å². The van der Waals surface area contributed by atoms with E-state index in [1.807, 2.05) is 0 Å². The normalized spacial score (nSPS) is 10.9. The van der Waals surface area contributed by atoms with Crippen molar-refractivity contribution in [2.75, 3.05) is 6.61 Å². The predicted octanol–water partition coefficient (Wildman–Crippen LogP) is 3.45. The molecule has 0 spiro atoms. The van der Waals surface area contributed by atoms with E-state index in [9.17, 15) is 13.0 Å². The highest BCUT2D eigenvalue weighted by molar-refractivity contribution is 7.85. The Bertz CT molecular complexity index is 1040. The van der Waals surface area contributed by atoms with E-state index in [0.717, 1.165) is 12.4 Å². The third-order valence-electron chi connectivity index (χ3n) is 4.89. The summed E-state index contributed by atoms with van der Waals surface area (Å²) >= 11 is -0.0655. The first kappa shape index (κ1) is 27.3. The molecule has 0 aliphatic rings. The monoisotopic (exact) mass is 580 g/mol. The van der Waals surface area contributed by atoms with Crippen molar-refractivity contribution in [2.24, 2.45) is 0 Å². The van der Waals surface area contributed by atoms with E-state index in [2.05, 4.69) is 61.5 Å². The van der Waals surface area contributed by atoms with Crippen LogP contribution in [0.15, 0.2) is 83.8 Å². The van der Waals surface area contributed by atoms with Gasteiger partial charge >= 0.3 is 21.2 Å². The quantitative estimate of drug-likeness (QED) is 0.198. The molecule has 0 atom stereocenters. The molecule has 0 unspecified atom stereocenters. The molecule has 0 saturated carbocycles. The van der Waals surface area contributed by atoms with Crippen molar-refractivity contribution < 1.29 is 38.9 Å². The van der Waals surface area contributed by atoms with Crippen LogP contribution in [-0.4, -0.2) is 19.6 Å². The van der Waals surface area contributed by atoms with Crippen LogP contribution in [0.1, 0.15) is 51.0 Å². The Morgan fingerprint density at radius 3 is 1.94 bits per heavy atom. The Kier molecular flexibility index (Phi) is 12.5. The number of unbranched alkanes of at least 4 members (excludes halogenated alkanes) is 5. The highest BCUT2D eigenvalue weighted by atomic mass is 127. The van der Waals surface area contributed by atoms with E-state index in [1.165, 1.54) is 57.8 Å². The van der Waals surface area contributed by atoms with Gasteiger partial charge in [0, 0.05) is 0 Å². The van der Waals surface area contributed by atoms with Crippen molar-refractivity contribution in [3.8, 4) is 5.75 Å². The molecule has 0 fully saturated rings. The second-order valence-corrected chi connectivity index (χ2v) is 12.1. The zero-order valence-electron chi connectivity index (χ0n) is 19.4. The maximum atomic E-state index is 10.5. The molecule has 0 saturated heterocycles. The standard InChI is InChI=1S/C20H26IO.C7H8O3S/c1-2-3-4-5-6-10-17-22-20-15-13-19(14-16-20)21-18-11-8-7-9-12-18;1-6-4-2-3-5-7(6)11(8,9)10/h7-9,11-16H,2-6,10,17H2,1H3;2-5H,1H3,(H,8,9,10)/q+1;/p-1. The minimum atomic E-state index is -4.28. The summed E-state index contributed by atoms with van der Waals surface area (Å²) in [6, 6.07) is 25.5. The van der Waals surface area contributed by atoms with Crippen LogP contribution in [0.3, 0.4) is 0 Å². The molecular formula is C27H33IO4S. The van der Waals surface area contributed by atoms with Crippen LogP contribution in [0.4, 0.5) is 0 Å². The van der Waals surface area contributed by atoms with E-state index < -0.39 is 10.1 Å². The van der Waals surface area contributed by atoms with Crippen LogP contribution >= 0.6 is 0 Å². The first-order valence-corrected chi connectivity index (χ1v) is 14.9. The van der Waals surface area contributed by atoms with Gasteiger partial charge in [-0.3, -0.25) is 0 Å². The van der Waals surface area contributed by atoms with Gasteiger partial charge < -0.3 is 9.29 Å². The number of benzene rings is 3. The van der Waals surface area contributed by atoms with Crippen molar-refractivity contribution >= 4 is 10.1 Å². The summed E-state index contributed by atoms with van der Waals surface area (Å²) in [7, 11) is -4.28. The van der Waals surface area contributed by atoms with Gasteiger partial charge in [0.1, 0.15) is 15.9 Å². The zero-order valence-corrected chi connectivity index (χ0v) is 22.3. The molecule has 3 rings (SSSR count). The van der Waals surface area contributed by atoms with E-state index >= 15 is 0 Å². The Morgan fingerprint density at radius 1 is 0.758 bits per heavy atom. The summed E-state index contributed by atoms with van der Waals surface area (Å²) in [5, 5.41) is 0. The summed E-state index contributed by atoms with van der Waals surface area (Å²) in [6.07, 6.45) is 7.85. The number of hydrogen-bond donors (Lipinski definition) is 0. The average Bonchev–Trinajstić information content (AvgIpc) is 2.80. The van der Waals surface area contributed by atoms with Crippen molar-refractivity contribution in [1.82, 2.24) is 0 Å². The number of hydrogen-bond acceptors (Lipinski definition) is 4. The van der Waals surface area contributed by atoms with Crippen LogP contribution in [0.2, 0.25) is 0 Å². The lowest BCUT2D eigenvalue weighted by atomic mass is 10.1. The van der Waals surface area contributed by atoms with Gasteiger partial charge in [-0.1, -0.05) is 75.4 Å². The molecule has 33 heavy (non-hydrogen) atoms. The SMILES string of the molecule is CCCCCCCCOc1ccc([I+]c2ccccc2)cc1.Cc1ccccc1S(=O)(=O)[O-]. The molecular weight excluding hydrogens is 547 g/mol. The van der Waals surface area contributed by atoms with Crippen molar-refractivity contribution in [1.29, 1.82) is 0 Å². The molecule has 0 bridgehead atoms. The molecule has 0 heterocycles. The van der Waals surface area contributed by atoms with Crippen molar-refractivity contribution in [3.63, 3.8) is 0 Å². The van der Waals surface area contributed by atoms with Gasteiger partial charge in [-0.05, 0) is 61.4 Å². The third kappa shape index (κ3) is 11.2. The lowest BCUT2D eigenvalue weighted by molar-refractivity contribution is -0.597. The van der Waals surface area contributed by atoms with Gasteiger partial charge in [-0.15, -0.1) is 0 Å². The average molecular weight is 581 g/mol. The van der Waals surface area contributed by atoms with Crippen LogP contribution < -0.4 is 25.9 Å². The Morgan fingerprint density at radius 2 is 1.33 bits per heavy atom. The highest BCUT2D eigenvalue weighted by Crippen LogP contribution is 2.12. The fraction of sp³-hybridized carbons (Fsp3) is 0.333. The van der Waals surface area contributed by atoms with Crippen LogP contribution in [0.5, 0.6) is 5.75 Å². The maximum Gasteiger partial charge on any atom is 0.357 e. The van der Waals surface area contributed by atoms with E-state index in [0.29, 0.717) is 5.56 Å². The highest BCUT2D eigenvalue weighted by Gasteiger charge is 2.14. The fourth-order valence-corrected chi connectivity index (χ4v) is 6.03. The van der Waals surface area contributed by atoms with Gasteiger partial charge in [0.2, 0.25) is 0 Å². The molecule has 0 radical (unpaired) electrons. The van der Waals surface area contributed by atoms with Gasteiger partial charge in [-0.25, -0.2) is 8.42 Å². The number of ether oxygens (including phenoxy) is 1. The zero-order chi connectivity index (χ0) is 23.9. The molecule has 6 heteroatoms. The topological polar surface area (TPSA) is 66.4 Å². The molecule has 0 amide bonds. The smallest absolute Gasteiger partial charge is 0.357 e. The first-order chi connectivity index (χ1) is 15.9. The van der Waals surface area contributed by atoms with Crippen LogP contribution in [-0.2, 0) is 10.1 Å². The van der Waals surface area contributed by atoms with E-state index in [-0.39, 0.29) is 26.1 Å². The second kappa shape index (κ2) is 15.1. The Hall–Kier alpha value is -1.90. The van der Waals surface area contributed by atoms with Crippen LogP contribution in [0.25, 0.3) is 0 Å². The summed E-state index contributed by atoms with van der Waals surface area (Å²) < 4.78 is 40.2. The fourth-order valence-electron chi connectivity index (χ4n) is 3.11. The molecule has 0 aromatic heterocycles. The molecule has 0 N–H and O–H groups in total. The van der Waals surface area contributed by atoms with Crippen LogP contribution in [0, 0.1) is 14.1 Å². The van der Waals surface area contributed by atoms with E-state index in [1.54, 1.807) is 19.1 Å².